The normalized spacial score (nSPS) is 17.1. The molecule has 0 aromatic rings. The van der Waals surface area contributed by atoms with E-state index in [2.05, 4.69) is 6.92 Å². The Labute approximate surface area is 105 Å². The summed E-state index contributed by atoms with van der Waals surface area (Å²) in [5.41, 5.74) is 1.11. The van der Waals surface area contributed by atoms with Crippen LogP contribution >= 0.6 is 8.58 Å². The molecule has 0 aromatic heterocycles. The Balaban J connectivity index is 1.65. The Morgan fingerprint density at radius 1 is 0.812 bits per heavy atom. The first-order chi connectivity index (χ1) is 7.93. The molecule has 0 unspecified atom stereocenters. The van der Waals surface area contributed by atoms with Gasteiger partial charge in [0.1, 0.15) is 0 Å². The van der Waals surface area contributed by atoms with Crippen molar-refractivity contribution in [3.8, 4) is 0 Å². The van der Waals surface area contributed by atoms with Crippen LogP contribution in [0.15, 0.2) is 0 Å². The number of hydrogen-bond acceptors (Lipinski definition) is 0. The summed E-state index contributed by atoms with van der Waals surface area (Å²) in [6, 6.07) is 0. The molecule has 0 spiro atoms. The molecule has 16 heavy (non-hydrogen) atoms. The van der Waals surface area contributed by atoms with Gasteiger partial charge in [-0.15, -0.1) is 0 Å². The Hall–Kier alpha value is 0.430. The van der Waals surface area contributed by atoms with Crippen LogP contribution in [-0.4, -0.2) is 11.8 Å². The fourth-order valence-electron chi connectivity index (χ4n) is 2.27. The minimum Gasteiger partial charge on any atom is -0.0775 e. The van der Waals surface area contributed by atoms with E-state index >= 15 is 0 Å². The largest absolute Gasteiger partial charge is 0.0775 e. The summed E-state index contributed by atoms with van der Waals surface area (Å²) in [5.74, 6) is 0. The van der Waals surface area contributed by atoms with Crippen molar-refractivity contribution in [1.82, 2.24) is 0 Å². The van der Waals surface area contributed by atoms with Crippen LogP contribution in [0.25, 0.3) is 0 Å². The second kappa shape index (κ2) is 10.6. The maximum atomic E-state index is 2.29. The van der Waals surface area contributed by atoms with Crippen LogP contribution in [0.5, 0.6) is 0 Å². The standard InChI is InChI=1S/C15H30P/c1-2-3-4-5-6-7-8-9-10-14-16-15-12-11-13-15/h15H,2-14H2,1H3. The van der Waals surface area contributed by atoms with Crippen molar-refractivity contribution in [2.75, 3.05) is 6.16 Å². The molecule has 0 saturated heterocycles. The smallest absolute Gasteiger partial charge is 0.0170 e. The quantitative estimate of drug-likeness (QED) is 0.306. The highest BCUT2D eigenvalue weighted by Crippen LogP contribution is 2.36. The fraction of sp³-hybridized carbons (Fsp3) is 1.00. The first kappa shape index (κ1) is 14.5. The molecule has 1 saturated carbocycles. The average Bonchev–Trinajstić information content (AvgIpc) is 2.23. The van der Waals surface area contributed by atoms with Gasteiger partial charge in [0.15, 0.2) is 0 Å². The SMILES string of the molecule is CCCCCCCCCCC[P]C1CCC1. The van der Waals surface area contributed by atoms with Crippen LogP contribution in [0, 0.1) is 0 Å². The lowest BCUT2D eigenvalue weighted by Gasteiger charge is -2.24. The zero-order valence-corrected chi connectivity index (χ0v) is 12.1. The Morgan fingerprint density at radius 3 is 1.88 bits per heavy atom. The Morgan fingerprint density at radius 2 is 1.38 bits per heavy atom. The van der Waals surface area contributed by atoms with Gasteiger partial charge in [-0.05, 0) is 31.1 Å². The summed E-state index contributed by atoms with van der Waals surface area (Å²) in [7, 11) is 1.77. The molecule has 1 fully saturated rings. The third kappa shape index (κ3) is 7.66. The molecule has 0 heterocycles. The lowest BCUT2D eigenvalue weighted by Crippen LogP contribution is -2.11. The van der Waals surface area contributed by atoms with Crippen molar-refractivity contribution in [3.05, 3.63) is 0 Å². The van der Waals surface area contributed by atoms with Crippen LogP contribution in [0.4, 0.5) is 0 Å². The average molecular weight is 241 g/mol. The molecule has 0 aromatic carbocycles. The van der Waals surface area contributed by atoms with E-state index in [-0.39, 0.29) is 0 Å². The summed E-state index contributed by atoms with van der Waals surface area (Å²) >= 11 is 0. The van der Waals surface area contributed by atoms with E-state index in [0.29, 0.717) is 0 Å². The van der Waals surface area contributed by atoms with Gasteiger partial charge in [0.2, 0.25) is 0 Å². The summed E-state index contributed by atoms with van der Waals surface area (Å²) in [6.45, 7) is 2.29. The van der Waals surface area contributed by atoms with Crippen molar-refractivity contribution >= 4 is 8.58 Å². The van der Waals surface area contributed by atoms with Gasteiger partial charge in [0.05, 0.1) is 0 Å². The zero-order chi connectivity index (χ0) is 11.5. The van der Waals surface area contributed by atoms with Crippen LogP contribution in [-0.2, 0) is 0 Å². The van der Waals surface area contributed by atoms with Gasteiger partial charge in [-0.3, -0.25) is 0 Å². The summed E-state index contributed by atoms with van der Waals surface area (Å²) in [4.78, 5) is 0. The summed E-state index contributed by atoms with van der Waals surface area (Å²) in [5, 5.41) is 0. The molecule has 1 radical (unpaired) electrons. The maximum Gasteiger partial charge on any atom is -0.0170 e. The predicted molar refractivity (Wildman–Crippen MR) is 76.7 cm³/mol. The molecule has 0 nitrogen and oxygen atoms in total. The van der Waals surface area contributed by atoms with Gasteiger partial charge >= 0.3 is 0 Å². The summed E-state index contributed by atoms with van der Waals surface area (Å²) in [6.07, 6.45) is 19.3. The Kier molecular flexibility index (Phi) is 9.58. The minimum atomic E-state index is 1.11. The number of rotatable bonds is 11. The van der Waals surface area contributed by atoms with Crippen molar-refractivity contribution in [2.24, 2.45) is 0 Å². The topological polar surface area (TPSA) is 0 Å². The molecule has 1 heteroatoms. The van der Waals surface area contributed by atoms with E-state index in [0.717, 1.165) is 5.66 Å². The molecule has 95 valence electrons. The highest BCUT2D eigenvalue weighted by atomic mass is 31.1. The van der Waals surface area contributed by atoms with E-state index in [1.807, 2.05) is 0 Å². The highest BCUT2D eigenvalue weighted by Gasteiger charge is 2.16. The van der Waals surface area contributed by atoms with E-state index < -0.39 is 0 Å². The third-order valence-electron chi connectivity index (χ3n) is 3.72. The molecule has 0 atom stereocenters. The van der Waals surface area contributed by atoms with Crippen LogP contribution in [0.1, 0.15) is 84.0 Å². The molecule has 0 aliphatic heterocycles. The first-order valence-electron chi connectivity index (χ1n) is 7.60. The first-order valence-corrected chi connectivity index (χ1v) is 8.75. The van der Waals surface area contributed by atoms with Gasteiger partial charge < -0.3 is 0 Å². The maximum absolute atomic E-state index is 2.29. The van der Waals surface area contributed by atoms with Crippen molar-refractivity contribution in [1.29, 1.82) is 0 Å². The monoisotopic (exact) mass is 241 g/mol. The second-order valence-electron chi connectivity index (χ2n) is 5.32. The van der Waals surface area contributed by atoms with Crippen molar-refractivity contribution in [2.45, 2.75) is 89.6 Å². The zero-order valence-electron chi connectivity index (χ0n) is 11.2. The fourth-order valence-corrected chi connectivity index (χ4v) is 3.77. The van der Waals surface area contributed by atoms with Gasteiger partial charge in [0, 0.05) is 0 Å². The van der Waals surface area contributed by atoms with Gasteiger partial charge in [-0.2, -0.15) is 0 Å². The molecule has 0 N–H and O–H groups in total. The second-order valence-corrected chi connectivity index (χ2v) is 6.86. The molecular formula is C15H30P. The van der Waals surface area contributed by atoms with Crippen LogP contribution in [0.2, 0.25) is 0 Å². The molecule has 0 amide bonds. The molecule has 0 bridgehead atoms. The molecular weight excluding hydrogens is 211 g/mol. The van der Waals surface area contributed by atoms with E-state index in [1.54, 1.807) is 8.58 Å². The van der Waals surface area contributed by atoms with Gasteiger partial charge in [-0.25, -0.2) is 0 Å². The molecule has 1 aliphatic rings. The lowest BCUT2D eigenvalue weighted by atomic mass is 10.00. The molecule has 1 aliphatic carbocycles. The van der Waals surface area contributed by atoms with E-state index in [1.165, 1.54) is 83.2 Å². The minimum absolute atomic E-state index is 1.11. The van der Waals surface area contributed by atoms with Crippen molar-refractivity contribution in [3.63, 3.8) is 0 Å². The van der Waals surface area contributed by atoms with Gasteiger partial charge in [-0.1, -0.05) is 73.3 Å². The van der Waals surface area contributed by atoms with Gasteiger partial charge in [0.25, 0.3) is 0 Å². The number of unbranched alkanes of at least 4 members (excludes halogenated alkanes) is 8. The number of hydrogen-bond donors (Lipinski definition) is 0. The van der Waals surface area contributed by atoms with Crippen LogP contribution < -0.4 is 0 Å². The summed E-state index contributed by atoms with van der Waals surface area (Å²) < 4.78 is 0. The lowest BCUT2D eigenvalue weighted by molar-refractivity contribution is 0.516. The molecule has 1 rings (SSSR count). The van der Waals surface area contributed by atoms with E-state index in [9.17, 15) is 0 Å². The third-order valence-corrected chi connectivity index (χ3v) is 5.33. The van der Waals surface area contributed by atoms with Crippen LogP contribution in [0.3, 0.4) is 0 Å². The predicted octanol–water partition coefficient (Wildman–Crippen LogP) is 6.02. The Bertz CT molecular complexity index is 140. The van der Waals surface area contributed by atoms with E-state index in [4.69, 9.17) is 0 Å². The van der Waals surface area contributed by atoms with Crippen molar-refractivity contribution < 1.29 is 0 Å². The highest BCUT2D eigenvalue weighted by molar-refractivity contribution is 7.38.